The van der Waals surface area contributed by atoms with Crippen molar-refractivity contribution in [1.82, 2.24) is 4.72 Å². The lowest BCUT2D eigenvalue weighted by molar-refractivity contribution is 0.00632. The van der Waals surface area contributed by atoms with Crippen molar-refractivity contribution in [3.63, 3.8) is 0 Å². The Morgan fingerprint density at radius 2 is 1.73 bits per heavy atom. The van der Waals surface area contributed by atoms with Crippen molar-refractivity contribution in [2.45, 2.75) is 38.8 Å². The third-order valence-corrected chi connectivity index (χ3v) is 4.02. The lowest BCUT2D eigenvalue weighted by Crippen LogP contribution is -2.58. The number of methoxy groups -OCH3 is 1. The second-order valence-corrected chi connectivity index (χ2v) is 6.44. The fourth-order valence-electron chi connectivity index (χ4n) is 0.758. The van der Waals surface area contributed by atoms with E-state index in [1.54, 1.807) is 27.7 Å². The summed E-state index contributed by atoms with van der Waals surface area (Å²) in [6, 6.07) is 0. The summed E-state index contributed by atoms with van der Waals surface area (Å²) in [5, 5.41) is 9.78. The predicted molar refractivity (Wildman–Crippen MR) is 59.2 cm³/mol. The van der Waals surface area contributed by atoms with Crippen molar-refractivity contribution in [3.05, 3.63) is 0 Å². The van der Waals surface area contributed by atoms with Crippen LogP contribution in [0, 0.1) is 0 Å². The summed E-state index contributed by atoms with van der Waals surface area (Å²) in [4.78, 5) is 0. The zero-order valence-corrected chi connectivity index (χ0v) is 10.8. The third-order valence-electron chi connectivity index (χ3n) is 2.50. The average Bonchev–Trinajstić information content (AvgIpc) is 1.96. The van der Waals surface area contributed by atoms with Gasteiger partial charge in [-0.2, -0.15) is 0 Å². The van der Waals surface area contributed by atoms with Gasteiger partial charge in [0, 0.05) is 7.11 Å². The molecule has 0 aromatic carbocycles. The van der Waals surface area contributed by atoms with Gasteiger partial charge in [0.15, 0.2) is 0 Å². The van der Waals surface area contributed by atoms with Gasteiger partial charge in [0.25, 0.3) is 0 Å². The van der Waals surface area contributed by atoms with Crippen molar-refractivity contribution in [1.29, 1.82) is 0 Å². The number of rotatable bonds is 6. The highest BCUT2D eigenvalue weighted by Crippen LogP contribution is 2.21. The van der Waals surface area contributed by atoms with E-state index >= 15 is 0 Å². The first kappa shape index (κ1) is 14.8. The molecule has 0 aromatic rings. The fourth-order valence-corrected chi connectivity index (χ4v) is 2.27. The monoisotopic (exact) mass is 239 g/mol. The highest BCUT2D eigenvalue weighted by molar-refractivity contribution is 7.89. The van der Waals surface area contributed by atoms with Crippen LogP contribution in [0.25, 0.3) is 0 Å². The molecule has 0 aliphatic heterocycles. The molecule has 6 heteroatoms. The molecule has 15 heavy (non-hydrogen) atoms. The number of nitrogens with one attached hydrogen (secondary N) is 1. The van der Waals surface area contributed by atoms with Gasteiger partial charge in [0.2, 0.25) is 10.0 Å². The quantitative estimate of drug-likeness (QED) is 0.689. The molecule has 0 aromatic heterocycles. The molecule has 0 fully saturated rings. The Morgan fingerprint density at radius 1 is 1.27 bits per heavy atom. The molecule has 0 unspecified atom stereocenters. The molecule has 2 N–H and O–H groups in total. The van der Waals surface area contributed by atoms with E-state index in [-0.39, 0.29) is 12.4 Å². The van der Waals surface area contributed by atoms with Gasteiger partial charge in [-0.25, -0.2) is 13.1 Å². The number of aliphatic hydroxyl groups is 1. The highest BCUT2D eigenvalue weighted by Gasteiger charge is 2.38. The van der Waals surface area contributed by atoms with Crippen LogP contribution in [0.5, 0.6) is 0 Å². The van der Waals surface area contributed by atoms with Gasteiger partial charge in [0.05, 0.1) is 23.5 Å². The number of hydrogen-bond acceptors (Lipinski definition) is 4. The summed E-state index contributed by atoms with van der Waals surface area (Å²) < 4.78 is 30.2. The van der Waals surface area contributed by atoms with Crippen LogP contribution in [-0.4, -0.2) is 44.1 Å². The van der Waals surface area contributed by atoms with E-state index in [1.807, 2.05) is 0 Å². The van der Waals surface area contributed by atoms with E-state index in [0.29, 0.717) is 0 Å². The first-order valence-corrected chi connectivity index (χ1v) is 6.40. The van der Waals surface area contributed by atoms with E-state index in [2.05, 4.69) is 4.72 Å². The van der Waals surface area contributed by atoms with Crippen molar-refractivity contribution in [3.8, 4) is 0 Å². The van der Waals surface area contributed by atoms with Crippen LogP contribution in [0.2, 0.25) is 0 Å². The Morgan fingerprint density at radius 3 is 2.07 bits per heavy atom. The molecule has 0 radical (unpaired) electrons. The standard InChI is InChI=1S/C9H21NO4S/c1-8(2,9(3,4)11)10-15(12,13)7-6-14-5/h10-11H,6-7H2,1-5H3. The topological polar surface area (TPSA) is 75.6 Å². The maximum absolute atomic E-state index is 11.5. The average molecular weight is 239 g/mol. The van der Waals surface area contributed by atoms with Gasteiger partial charge in [-0.05, 0) is 27.7 Å². The summed E-state index contributed by atoms with van der Waals surface area (Å²) in [7, 11) is -1.98. The Balaban J connectivity index is 4.59. The van der Waals surface area contributed by atoms with E-state index in [4.69, 9.17) is 4.74 Å². The Labute approximate surface area is 91.9 Å². The summed E-state index contributed by atoms with van der Waals surface area (Å²) in [5.74, 6) is -0.108. The third kappa shape index (κ3) is 4.92. The summed E-state index contributed by atoms with van der Waals surface area (Å²) in [6.07, 6.45) is 0. The van der Waals surface area contributed by atoms with Crippen LogP contribution in [-0.2, 0) is 14.8 Å². The molecule has 0 aliphatic carbocycles. The maximum Gasteiger partial charge on any atom is 0.214 e. The fraction of sp³-hybridized carbons (Fsp3) is 1.00. The van der Waals surface area contributed by atoms with Crippen LogP contribution >= 0.6 is 0 Å². The van der Waals surface area contributed by atoms with Crippen LogP contribution in [0.4, 0.5) is 0 Å². The molecule has 5 nitrogen and oxygen atoms in total. The molecule has 0 saturated carbocycles. The lowest BCUT2D eigenvalue weighted by atomic mass is 9.87. The van der Waals surface area contributed by atoms with Crippen molar-refractivity contribution < 1.29 is 18.3 Å². The maximum atomic E-state index is 11.5. The first-order chi connectivity index (χ1) is 6.52. The lowest BCUT2D eigenvalue weighted by Gasteiger charge is -2.37. The molecule has 0 bridgehead atoms. The van der Waals surface area contributed by atoms with E-state index in [9.17, 15) is 13.5 Å². The second-order valence-electron chi connectivity index (χ2n) is 4.60. The molecule has 0 spiro atoms. The van der Waals surface area contributed by atoms with Gasteiger partial charge < -0.3 is 9.84 Å². The van der Waals surface area contributed by atoms with Gasteiger partial charge in [-0.3, -0.25) is 0 Å². The molecule has 0 heterocycles. The molecule has 0 rings (SSSR count). The normalized spacial score (nSPS) is 14.3. The minimum Gasteiger partial charge on any atom is -0.389 e. The van der Waals surface area contributed by atoms with Crippen molar-refractivity contribution in [2.24, 2.45) is 0 Å². The Kier molecular flexibility index (Phi) is 4.72. The molecule has 0 amide bonds. The number of sulfonamides is 1. The minimum absolute atomic E-state index is 0.108. The SMILES string of the molecule is COCCS(=O)(=O)NC(C)(C)C(C)(C)O. The second kappa shape index (κ2) is 4.78. The highest BCUT2D eigenvalue weighted by atomic mass is 32.2. The van der Waals surface area contributed by atoms with Gasteiger partial charge in [0.1, 0.15) is 0 Å². The van der Waals surface area contributed by atoms with Crippen molar-refractivity contribution in [2.75, 3.05) is 19.5 Å². The smallest absolute Gasteiger partial charge is 0.214 e. The molecule has 92 valence electrons. The minimum atomic E-state index is -3.42. The summed E-state index contributed by atoms with van der Waals surface area (Å²) in [6.45, 7) is 6.53. The van der Waals surface area contributed by atoms with Crippen LogP contribution in [0.3, 0.4) is 0 Å². The van der Waals surface area contributed by atoms with Gasteiger partial charge >= 0.3 is 0 Å². The van der Waals surface area contributed by atoms with Crippen molar-refractivity contribution >= 4 is 10.0 Å². The summed E-state index contributed by atoms with van der Waals surface area (Å²) >= 11 is 0. The van der Waals surface area contributed by atoms with Crippen LogP contribution < -0.4 is 4.72 Å². The zero-order valence-electron chi connectivity index (χ0n) is 9.99. The molecular weight excluding hydrogens is 218 g/mol. The van der Waals surface area contributed by atoms with Gasteiger partial charge in [-0.15, -0.1) is 0 Å². The predicted octanol–water partition coefficient (Wildman–Crippen LogP) is 0.102. The van der Waals surface area contributed by atoms with E-state index in [0.717, 1.165) is 0 Å². The van der Waals surface area contributed by atoms with Gasteiger partial charge in [-0.1, -0.05) is 0 Å². The molecule has 0 saturated heterocycles. The van der Waals surface area contributed by atoms with E-state index < -0.39 is 21.2 Å². The Bertz CT molecular complexity index is 290. The zero-order chi connectivity index (χ0) is 12.3. The number of ether oxygens (including phenoxy) is 1. The Hall–Kier alpha value is -0.170. The van der Waals surface area contributed by atoms with E-state index in [1.165, 1.54) is 7.11 Å². The van der Waals surface area contributed by atoms with Crippen LogP contribution in [0.15, 0.2) is 0 Å². The number of hydrogen-bond donors (Lipinski definition) is 2. The first-order valence-electron chi connectivity index (χ1n) is 4.75. The largest absolute Gasteiger partial charge is 0.389 e. The summed E-state index contributed by atoms with van der Waals surface area (Å²) in [5.41, 5.74) is -2.05. The van der Waals surface area contributed by atoms with Crippen LogP contribution in [0.1, 0.15) is 27.7 Å². The molecular formula is C9H21NO4S. The molecule has 0 atom stereocenters. The molecule has 0 aliphatic rings.